The number of fused-ring (bicyclic) bond motifs is 1. The Balaban J connectivity index is 1.78. The Kier molecular flexibility index (Phi) is 3.25. The van der Waals surface area contributed by atoms with Gasteiger partial charge in [-0.05, 0) is 40.2 Å². The van der Waals surface area contributed by atoms with Crippen molar-refractivity contribution in [1.29, 1.82) is 0 Å². The summed E-state index contributed by atoms with van der Waals surface area (Å²) in [7, 11) is 0. The molecule has 0 saturated carbocycles. The second-order valence-corrected chi connectivity index (χ2v) is 5.76. The lowest BCUT2D eigenvalue weighted by atomic mass is 10.2. The normalized spacial score (nSPS) is 10.7. The Morgan fingerprint density at radius 2 is 1.94 bits per heavy atom. The first-order valence-electron chi connectivity index (χ1n) is 5.49. The van der Waals surface area contributed by atoms with Gasteiger partial charge < -0.3 is 5.32 Å². The first-order valence-corrected chi connectivity index (χ1v) is 7.16. The number of nitrogens with one attached hydrogen (secondary N) is 1. The molecule has 0 radical (unpaired) electrons. The molecule has 0 saturated heterocycles. The third kappa shape index (κ3) is 2.52. The lowest BCUT2D eigenvalue weighted by Gasteiger charge is -2.05. The molecule has 0 aliphatic heterocycles. The van der Waals surface area contributed by atoms with Gasteiger partial charge in [0.1, 0.15) is 0 Å². The summed E-state index contributed by atoms with van der Waals surface area (Å²) in [6.07, 6.45) is 3.42. The molecule has 0 fully saturated rings. The highest BCUT2D eigenvalue weighted by Gasteiger charge is 2.00. The van der Waals surface area contributed by atoms with E-state index in [0.29, 0.717) is 0 Å². The van der Waals surface area contributed by atoms with E-state index in [2.05, 4.69) is 42.7 Å². The number of thiophene rings is 1. The van der Waals surface area contributed by atoms with Crippen molar-refractivity contribution in [3.63, 3.8) is 0 Å². The van der Waals surface area contributed by atoms with Crippen LogP contribution in [0.2, 0.25) is 0 Å². The quantitative estimate of drug-likeness (QED) is 0.790. The minimum absolute atomic E-state index is 0.821. The molecule has 0 aliphatic carbocycles. The maximum absolute atomic E-state index is 4.29. The van der Waals surface area contributed by atoms with Crippen molar-refractivity contribution in [2.24, 2.45) is 0 Å². The van der Waals surface area contributed by atoms with E-state index in [0.717, 1.165) is 27.7 Å². The maximum Gasteiger partial charge on any atom is 0.0907 e. The second-order valence-electron chi connectivity index (χ2n) is 3.84. The van der Waals surface area contributed by atoms with Crippen molar-refractivity contribution in [2.75, 3.05) is 5.32 Å². The highest BCUT2D eigenvalue weighted by atomic mass is 79.9. The second kappa shape index (κ2) is 5.04. The fraction of sp³-hybridized carbons (Fsp3) is 0.0769. The van der Waals surface area contributed by atoms with Crippen LogP contribution in [-0.4, -0.2) is 9.97 Å². The SMILES string of the molecule is Brc1csc(CNc2ccc3nccnc3c2)c1. The molecule has 2 aromatic heterocycles. The Morgan fingerprint density at radius 3 is 2.72 bits per heavy atom. The van der Waals surface area contributed by atoms with E-state index in [1.807, 2.05) is 18.2 Å². The van der Waals surface area contributed by atoms with Crippen LogP contribution in [0.1, 0.15) is 4.88 Å². The molecule has 5 heteroatoms. The summed E-state index contributed by atoms with van der Waals surface area (Å²) >= 11 is 5.19. The van der Waals surface area contributed by atoms with E-state index >= 15 is 0 Å². The van der Waals surface area contributed by atoms with Crippen LogP contribution >= 0.6 is 27.3 Å². The van der Waals surface area contributed by atoms with Gasteiger partial charge >= 0.3 is 0 Å². The third-order valence-corrected chi connectivity index (χ3v) is 4.26. The van der Waals surface area contributed by atoms with Gasteiger partial charge in [0, 0.05) is 39.4 Å². The van der Waals surface area contributed by atoms with Gasteiger partial charge in [-0.3, -0.25) is 9.97 Å². The van der Waals surface area contributed by atoms with Gasteiger partial charge in [0.2, 0.25) is 0 Å². The molecule has 3 nitrogen and oxygen atoms in total. The lowest BCUT2D eigenvalue weighted by Crippen LogP contribution is -1.97. The number of halogens is 1. The number of anilines is 1. The van der Waals surface area contributed by atoms with Crippen molar-refractivity contribution in [3.05, 3.63) is 51.4 Å². The van der Waals surface area contributed by atoms with E-state index in [1.54, 1.807) is 23.7 Å². The number of hydrogen-bond acceptors (Lipinski definition) is 4. The van der Waals surface area contributed by atoms with Crippen molar-refractivity contribution in [1.82, 2.24) is 9.97 Å². The molecule has 0 amide bonds. The molecule has 3 aromatic rings. The molecule has 0 aliphatic rings. The molecule has 2 heterocycles. The van der Waals surface area contributed by atoms with Gasteiger partial charge in [-0.25, -0.2) is 0 Å². The molecule has 1 N–H and O–H groups in total. The number of rotatable bonds is 3. The van der Waals surface area contributed by atoms with Crippen LogP contribution in [0.4, 0.5) is 5.69 Å². The van der Waals surface area contributed by atoms with E-state index in [4.69, 9.17) is 0 Å². The summed E-state index contributed by atoms with van der Waals surface area (Å²) in [5, 5.41) is 5.47. The van der Waals surface area contributed by atoms with Crippen molar-refractivity contribution < 1.29 is 0 Å². The largest absolute Gasteiger partial charge is 0.380 e. The van der Waals surface area contributed by atoms with Gasteiger partial charge in [-0.15, -0.1) is 11.3 Å². The lowest BCUT2D eigenvalue weighted by molar-refractivity contribution is 1.19. The average Bonchev–Trinajstić information content (AvgIpc) is 2.82. The van der Waals surface area contributed by atoms with Crippen molar-refractivity contribution in [2.45, 2.75) is 6.54 Å². The Hall–Kier alpha value is -1.46. The molecule has 3 rings (SSSR count). The molecular formula is C13H10BrN3S. The summed E-state index contributed by atoms with van der Waals surface area (Å²) in [5.74, 6) is 0. The Labute approximate surface area is 117 Å². The highest BCUT2D eigenvalue weighted by Crippen LogP contribution is 2.21. The van der Waals surface area contributed by atoms with Crippen LogP contribution in [0, 0.1) is 0 Å². The van der Waals surface area contributed by atoms with Gasteiger partial charge in [0.05, 0.1) is 11.0 Å². The maximum atomic E-state index is 4.29. The monoisotopic (exact) mass is 319 g/mol. The molecule has 0 spiro atoms. The molecule has 0 bridgehead atoms. The van der Waals surface area contributed by atoms with Crippen LogP contribution in [0.3, 0.4) is 0 Å². The van der Waals surface area contributed by atoms with Gasteiger partial charge in [-0.1, -0.05) is 0 Å². The molecule has 0 atom stereocenters. The molecule has 0 unspecified atom stereocenters. The number of aromatic nitrogens is 2. The van der Waals surface area contributed by atoms with Crippen molar-refractivity contribution >= 4 is 44.0 Å². The Bertz CT molecular complexity index is 681. The molecular weight excluding hydrogens is 310 g/mol. The summed E-state index contributed by atoms with van der Waals surface area (Å²) in [6.45, 7) is 0.821. The highest BCUT2D eigenvalue weighted by molar-refractivity contribution is 9.10. The smallest absolute Gasteiger partial charge is 0.0907 e. The number of benzene rings is 1. The van der Waals surface area contributed by atoms with Crippen LogP contribution in [0.15, 0.2) is 46.5 Å². The average molecular weight is 320 g/mol. The first kappa shape index (κ1) is 11.6. The van der Waals surface area contributed by atoms with Crippen molar-refractivity contribution in [3.8, 4) is 0 Å². The molecule has 90 valence electrons. The zero-order chi connectivity index (χ0) is 12.4. The van der Waals surface area contributed by atoms with Crippen LogP contribution < -0.4 is 5.32 Å². The fourth-order valence-corrected chi connectivity index (χ4v) is 3.10. The van der Waals surface area contributed by atoms with Crippen LogP contribution in [-0.2, 0) is 6.54 Å². The molecule has 1 aromatic carbocycles. The fourth-order valence-electron chi connectivity index (χ4n) is 1.71. The van der Waals surface area contributed by atoms with Crippen LogP contribution in [0.25, 0.3) is 11.0 Å². The summed E-state index contributed by atoms with van der Waals surface area (Å²) in [6, 6.07) is 8.15. The van der Waals surface area contributed by atoms with E-state index < -0.39 is 0 Å². The van der Waals surface area contributed by atoms with E-state index in [1.165, 1.54) is 4.88 Å². The minimum atomic E-state index is 0.821. The first-order chi connectivity index (χ1) is 8.81. The van der Waals surface area contributed by atoms with Gasteiger partial charge in [0.25, 0.3) is 0 Å². The third-order valence-electron chi connectivity index (χ3n) is 2.56. The predicted molar refractivity (Wildman–Crippen MR) is 78.9 cm³/mol. The summed E-state index contributed by atoms with van der Waals surface area (Å²) in [5.41, 5.74) is 2.89. The minimum Gasteiger partial charge on any atom is -0.380 e. The number of hydrogen-bond donors (Lipinski definition) is 1. The summed E-state index contributed by atoms with van der Waals surface area (Å²) in [4.78, 5) is 9.84. The topological polar surface area (TPSA) is 37.8 Å². The molecule has 18 heavy (non-hydrogen) atoms. The van der Waals surface area contributed by atoms with E-state index in [9.17, 15) is 0 Å². The van der Waals surface area contributed by atoms with E-state index in [-0.39, 0.29) is 0 Å². The standard InChI is InChI=1S/C13H10BrN3S/c14-9-5-11(18-8-9)7-17-10-1-2-12-13(6-10)16-4-3-15-12/h1-6,8,17H,7H2. The van der Waals surface area contributed by atoms with Crippen LogP contribution in [0.5, 0.6) is 0 Å². The summed E-state index contributed by atoms with van der Waals surface area (Å²) < 4.78 is 1.13. The van der Waals surface area contributed by atoms with Gasteiger partial charge in [0.15, 0.2) is 0 Å². The zero-order valence-corrected chi connectivity index (χ0v) is 11.8. The van der Waals surface area contributed by atoms with Gasteiger partial charge in [-0.2, -0.15) is 0 Å². The zero-order valence-electron chi connectivity index (χ0n) is 9.43. The number of nitrogens with zero attached hydrogens (tertiary/aromatic N) is 2. The predicted octanol–water partition coefficient (Wildman–Crippen LogP) is 4.07. The Morgan fingerprint density at radius 1 is 1.11 bits per heavy atom.